The number of anilines is 1. The first-order chi connectivity index (χ1) is 15.5. The fourth-order valence-electron chi connectivity index (χ4n) is 4.31. The van der Waals surface area contributed by atoms with E-state index in [1.807, 2.05) is 0 Å². The van der Waals surface area contributed by atoms with Crippen LogP contribution in [0.15, 0.2) is 42.6 Å². The van der Waals surface area contributed by atoms with Crippen LogP contribution >= 0.6 is 0 Å². The number of aromatic amines is 1. The van der Waals surface area contributed by atoms with Crippen molar-refractivity contribution in [3.05, 3.63) is 64.7 Å². The predicted octanol–water partition coefficient (Wildman–Crippen LogP) is 1.48. The summed E-state index contributed by atoms with van der Waals surface area (Å²) >= 11 is 0. The molecule has 11 heteroatoms. The Balaban J connectivity index is 1.68. The maximum Gasteiger partial charge on any atom is 0.276 e. The molecule has 2 aromatic carbocycles. The number of phenols is 1. The number of nitrogens with one attached hydrogen (secondary N) is 1. The zero-order chi connectivity index (χ0) is 24.1. The van der Waals surface area contributed by atoms with Gasteiger partial charge in [-0.2, -0.15) is 0 Å². The number of carbonyl (C=O) groups excluding carboxylic acids is 2. The topological polar surface area (TPSA) is 143 Å². The van der Waals surface area contributed by atoms with Crippen LogP contribution in [0.5, 0.6) is 5.75 Å². The number of aromatic hydroxyl groups is 1. The Labute approximate surface area is 187 Å². The van der Waals surface area contributed by atoms with Gasteiger partial charge in [-0.05, 0) is 35.4 Å². The Bertz CT molecular complexity index is 1240. The Morgan fingerprint density at radius 1 is 1.24 bits per heavy atom. The van der Waals surface area contributed by atoms with E-state index in [4.69, 9.17) is 0 Å². The van der Waals surface area contributed by atoms with Crippen LogP contribution in [0.3, 0.4) is 0 Å². The van der Waals surface area contributed by atoms with Crippen molar-refractivity contribution in [3.63, 3.8) is 0 Å². The number of phenolic OH excluding ortho intramolecular Hbond substituents is 1. The number of halogens is 1. The Hall–Kier alpha value is -3.67. The summed E-state index contributed by atoms with van der Waals surface area (Å²) < 4.78 is 14.2. The number of aromatic nitrogens is 1. The molecule has 1 saturated heterocycles. The molecule has 0 unspecified atom stereocenters. The lowest BCUT2D eigenvalue weighted by atomic mass is 9.92. The summed E-state index contributed by atoms with van der Waals surface area (Å²) in [7, 11) is 2.67. The predicted molar refractivity (Wildman–Crippen MR) is 116 cm³/mol. The van der Waals surface area contributed by atoms with Gasteiger partial charge in [0.1, 0.15) is 17.6 Å². The van der Waals surface area contributed by atoms with Crippen LogP contribution in [-0.4, -0.2) is 67.9 Å². The molecule has 0 bridgehead atoms. The molecular formula is C22H22FN4O6-. The number of piperazine rings is 1. The van der Waals surface area contributed by atoms with Crippen molar-refractivity contribution in [3.8, 4) is 5.75 Å². The van der Waals surface area contributed by atoms with Gasteiger partial charge in [-0.1, -0.05) is 12.1 Å². The van der Waals surface area contributed by atoms with Crippen molar-refractivity contribution in [2.24, 2.45) is 0 Å². The number of likely N-dealkylation sites (N-methyl/N-ethyl adjacent to an activating group) is 2. The summed E-state index contributed by atoms with van der Waals surface area (Å²) in [6, 6.07) is 7.36. The summed E-state index contributed by atoms with van der Waals surface area (Å²) in [6.07, 6.45) is 1.13. The first-order valence-electron chi connectivity index (χ1n) is 10.0. The molecular weight excluding hydrogens is 435 g/mol. The Kier molecular flexibility index (Phi) is 5.48. The van der Waals surface area contributed by atoms with Crippen LogP contribution in [0.2, 0.25) is 0 Å². The molecule has 4 N–H and O–H groups in total. The van der Waals surface area contributed by atoms with E-state index in [2.05, 4.69) is 4.98 Å². The summed E-state index contributed by atoms with van der Waals surface area (Å²) in [5.74, 6) is -2.30. The van der Waals surface area contributed by atoms with Crippen LogP contribution in [0.25, 0.3) is 10.9 Å². The lowest BCUT2D eigenvalue weighted by Gasteiger charge is -2.47. The highest BCUT2D eigenvalue weighted by atomic mass is 19.1. The van der Waals surface area contributed by atoms with Crippen LogP contribution < -0.4 is 5.23 Å². The van der Waals surface area contributed by atoms with Gasteiger partial charge in [0.15, 0.2) is 0 Å². The molecule has 33 heavy (non-hydrogen) atoms. The second kappa shape index (κ2) is 8.03. The molecule has 0 radical (unpaired) electrons. The molecule has 174 valence electrons. The third-order valence-electron chi connectivity index (χ3n) is 6.12. The highest BCUT2D eigenvalue weighted by molar-refractivity contribution is 6.00. The number of hydrogen-bond donors (Lipinski definition) is 4. The molecule has 2 heterocycles. The molecule has 2 atom stereocenters. The summed E-state index contributed by atoms with van der Waals surface area (Å²) in [5, 5.41) is 41.3. The fourth-order valence-corrected chi connectivity index (χ4v) is 4.31. The Morgan fingerprint density at radius 2 is 1.97 bits per heavy atom. The average Bonchev–Trinajstić information content (AvgIpc) is 3.16. The minimum Gasteiger partial charge on any atom is -0.733 e. The number of H-pyrrole nitrogens is 1. The lowest BCUT2D eigenvalue weighted by molar-refractivity contribution is -0.194. The van der Waals surface area contributed by atoms with Gasteiger partial charge in [-0.15, -0.1) is 0 Å². The second-order valence-electron chi connectivity index (χ2n) is 8.10. The van der Waals surface area contributed by atoms with Gasteiger partial charge in [0.05, 0.1) is 5.69 Å². The molecule has 4 rings (SSSR count). The minimum atomic E-state index is -2.18. The monoisotopic (exact) mass is 457 g/mol. The van der Waals surface area contributed by atoms with Crippen LogP contribution in [0, 0.1) is 11.0 Å². The number of fused-ring (bicyclic) bond motifs is 1. The van der Waals surface area contributed by atoms with Gasteiger partial charge >= 0.3 is 0 Å². The number of hydrogen-bond acceptors (Lipinski definition) is 7. The molecule has 1 aromatic heterocycles. The number of carbonyl (C=O) groups is 2. The largest absolute Gasteiger partial charge is 0.733 e. The van der Waals surface area contributed by atoms with E-state index < -0.39 is 40.3 Å². The second-order valence-corrected chi connectivity index (χ2v) is 8.10. The van der Waals surface area contributed by atoms with E-state index in [-0.39, 0.29) is 24.0 Å². The van der Waals surface area contributed by atoms with Crippen molar-refractivity contribution in [2.45, 2.75) is 24.6 Å². The van der Waals surface area contributed by atoms with E-state index >= 15 is 0 Å². The summed E-state index contributed by atoms with van der Waals surface area (Å²) in [4.78, 5) is 31.3. The van der Waals surface area contributed by atoms with Crippen LogP contribution in [0.1, 0.15) is 11.1 Å². The van der Waals surface area contributed by atoms with Crippen LogP contribution in [-0.2, 0) is 22.4 Å². The Morgan fingerprint density at radius 3 is 2.64 bits per heavy atom. The van der Waals surface area contributed by atoms with Crippen LogP contribution in [0.4, 0.5) is 10.1 Å². The molecule has 3 aromatic rings. The van der Waals surface area contributed by atoms with Crippen molar-refractivity contribution >= 4 is 28.4 Å². The normalized spacial score (nSPS) is 21.2. The van der Waals surface area contributed by atoms with Gasteiger partial charge < -0.3 is 35.4 Å². The van der Waals surface area contributed by atoms with E-state index in [9.17, 15) is 34.6 Å². The summed E-state index contributed by atoms with van der Waals surface area (Å²) in [5.41, 5.74) is -1.63. The van der Waals surface area contributed by atoms with Gasteiger partial charge in [0, 0.05) is 44.0 Å². The van der Waals surface area contributed by atoms with Crippen molar-refractivity contribution in [1.29, 1.82) is 0 Å². The standard InChI is InChI=1S/C22H22FN4O6/c1-25-17(9-13-11-24-16-7-6-15(23)19(18(13)16)27(32)33)20(29)26(2)22(31,21(25)30)10-12-4-3-5-14(28)8-12/h3-8,11,17,24,28,31-32H,9-10H2,1-2H3/q-1/t17-,22+/m0/s1. The molecule has 1 fully saturated rings. The van der Waals surface area contributed by atoms with E-state index in [0.29, 0.717) is 16.6 Å². The molecule has 0 saturated carbocycles. The van der Waals surface area contributed by atoms with E-state index in [1.54, 1.807) is 12.1 Å². The maximum atomic E-state index is 14.2. The van der Waals surface area contributed by atoms with Gasteiger partial charge in [-0.3, -0.25) is 14.8 Å². The third kappa shape index (κ3) is 3.65. The van der Waals surface area contributed by atoms with Gasteiger partial charge in [-0.25, -0.2) is 4.39 Å². The smallest absolute Gasteiger partial charge is 0.276 e. The van der Waals surface area contributed by atoms with Crippen molar-refractivity contribution in [2.75, 3.05) is 19.3 Å². The molecule has 1 aliphatic rings. The third-order valence-corrected chi connectivity index (χ3v) is 6.12. The van der Waals surface area contributed by atoms with Gasteiger partial charge in [0.2, 0.25) is 11.6 Å². The SMILES string of the molecule is CN1C(=O)[C@](O)(Cc2cccc(O)c2)N(C)C(=O)[C@@H]1Cc1c[nH]c2ccc(F)c(N([O-])O)c12. The lowest BCUT2D eigenvalue weighted by Crippen LogP contribution is -2.70. The summed E-state index contributed by atoms with van der Waals surface area (Å²) in [6.45, 7) is 0. The average molecular weight is 457 g/mol. The first-order valence-corrected chi connectivity index (χ1v) is 10.0. The molecule has 0 spiro atoms. The maximum absolute atomic E-state index is 14.2. The van der Waals surface area contributed by atoms with Crippen molar-refractivity contribution in [1.82, 2.24) is 14.8 Å². The molecule has 0 aliphatic carbocycles. The zero-order valence-corrected chi connectivity index (χ0v) is 17.8. The number of benzene rings is 2. The molecule has 1 aliphatic heterocycles. The fraction of sp³-hybridized carbons (Fsp3) is 0.273. The highest BCUT2D eigenvalue weighted by Gasteiger charge is 2.53. The molecule has 10 nitrogen and oxygen atoms in total. The van der Waals surface area contributed by atoms with E-state index in [1.165, 1.54) is 38.5 Å². The van der Waals surface area contributed by atoms with Crippen molar-refractivity contribution < 1.29 is 29.4 Å². The quantitative estimate of drug-likeness (QED) is 0.425. The number of nitrogens with zero attached hydrogens (tertiary/aromatic N) is 3. The number of amides is 2. The van der Waals surface area contributed by atoms with E-state index in [0.717, 1.165) is 15.9 Å². The number of rotatable bonds is 5. The van der Waals surface area contributed by atoms with Gasteiger partial charge in [0.25, 0.3) is 5.91 Å². The molecule has 2 amide bonds. The minimum absolute atomic E-state index is 0.0433. The number of aliphatic hydroxyl groups is 1. The first kappa shape index (κ1) is 22.5. The zero-order valence-electron chi connectivity index (χ0n) is 17.8. The highest BCUT2D eigenvalue weighted by Crippen LogP contribution is 2.34.